The molecule has 1 fully saturated rings. The van der Waals surface area contributed by atoms with Gasteiger partial charge in [0.15, 0.2) is 0 Å². The van der Waals surface area contributed by atoms with Gasteiger partial charge in [-0.15, -0.1) is 0 Å². The van der Waals surface area contributed by atoms with Crippen LogP contribution in [0.4, 0.5) is 0 Å². The van der Waals surface area contributed by atoms with Gasteiger partial charge in [-0.2, -0.15) is 0 Å². The summed E-state index contributed by atoms with van der Waals surface area (Å²) >= 11 is 0. The lowest BCUT2D eigenvalue weighted by molar-refractivity contribution is 0.109. The lowest BCUT2D eigenvalue weighted by atomic mass is 9.78. The van der Waals surface area contributed by atoms with Gasteiger partial charge in [-0.25, -0.2) is 0 Å². The maximum atomic E-state index is 8.84. The summed E-state index contributed by atoms with van der Waals surface area (Å²) in [4.78, 5) is 2.48. The molecular weight excluding hydrogens is 188 g/mol. The Labute approximate surface area is 93.6 Å². The summed E-state index contributed by atoms with van der Waals surface area (Å²) in [5.74, 6) is 0. The van der Waals surface area contributed by atoms with E-state index in [0.717, 1.165) is 13.0 Å². The molecule has 3 heteroatoms. The van der Waals surface area contributed by atoms with E-state index in [-0.39, 0.29) is 12.6 Å². The van der Waals surface area contributed by atoms with Crippen LogP contribution < -0.4 is 5.73 Å². The average Bonchev–Trinajstić information content (AvgIpc) is 2.28. The van der Waals surface area contributed by atoms with Crippen molar-refractivity contribution in [3.8, 4) is 0 Å². The molecule has 1 aliphatic heterocycles. The van der Waals surface area contributed by atoms with Gasteiger partial charge in [-0.3, -0.25) is 0 Å². The molecule has 0 aromatic carbocycles. The zero-order chi connectivity index (χ0) is 11.3. The van der Waals surface area contributed by atoms with Crippen LogP contribution >= 0.6 is 0 Å². The zero-order valence-electron chi connectivity index (χ0n) is 10.2. The monoisotopic (exact) mass is 214 g/mol. The highest BCUT2D eigenvalue weighted by molar-refractivity contribution is 4.81. The van der Waals surface area contributed by atoms with Crippen molar-refractivity contribution in [1.29, 1.82) is 0 Å². The van der Waals surface area contributed by atoms with Crippen molar-refractivity contribution in [2.75, 3.05) is 26.2 Å². The summed E-state index contributed by atoms with van der Waals surface area (Å²) in [6, 6.07) is -0.0375. The quantitative estimate of drug-likeness (QED) is 0.723. The maximum Gasteiger partial charge on any atom is 0.0583 e. The van der Waals surface area contributed by atoms with Crippen LogP contribution in [0.1, 0.15) is 39.5 Å². The van der Waals surface area contributed by atoms with Gasteiger partial charge in [0.05, 0.1) is 6.61 Å². The summed E-state index contributed by atoms with van der Waals surface area (Å²) in [6.07, 6.45) is 4.81. The molecular formula is C12H26N2O. The number of rotatable bonds is 5. The number of aliphatic hydroxyl groups is 1. The van der Waals surface area contributed by atoms with E-state index in [1.165, 1.54) is 32.4 Å². The third-order valence-electron chi connectivity index (χ3n) is 3.97. The van der Waals surface area contributed by atoms with Crippen LogP contribution in [0.2, 0.25) is 0 Å². The van der Waals surface area contributed by atoms with E-state index in [2.05, 4.69) is 18.7 Å². The number of hydrogen-bond donors (Lipinski definition) is 2. The Morgan fingerprint density at radius 2 is 2.00 bits per heavy atom. The molecule has 1 heterocycles. The summed E-state index contributed by atoms with van der Waals surface area (Å²) in [5.41, 5.74) is 6.26. The van der Waals surface area contributed by atoms with Gasteiger partial charge >= 0.3 is 0 Å². The van der Waals surface area contributed by atoms with Crippen molar-refractivity contribution in [3.63, 3.8) is 0 Å². The van der Waals surface area contributed by atoms with Gasteiger partial charge in [0, 0.05) is 6.04 Å². The molecule has 15 heavy (non-hydrogen) atoms. The van der Waals surface area contributed by atoms with Gasteiger partial charge in [-0.05, 0) is 44.3 Å². The molecule has 1 aliphatic rings. The minimum absolute atomic E-state index is 0.0375. The highest BCUT2D eigenvalue weighted by Gasteiger charge is 2.27. The predicted octanol–water partition coefficient (Wildman–Crippen LogP) is 1.21. The van der Waals surface area contributed by atoms with E-state index in [0.29, 0.717) is 5.41 Å². The number of aliphatic hydroxyl groups excluding tert-OH is 1. The second-order valence-electron chi connectivity index (χ2n) is 5.24. The Kier molecular flexibility index (Phi) is 5.03. The van der Waals surface area contributed by atoms with Gasteiger partial charge < -0.3 is 15.7 Å². The van der Waals surface area contributed by atoms with Crippen molar-refractivity contribution < 1.29 is 5.11 Å². The second kappa shape index (κ2) is 5.83. The smallest absolute Gasteiger partial charge is 0.0583 e. The summed E-state index contributed by atoms with van der Waals surface area (Å²) in [7, 11) is 0. The number of nitrogens with two attached hydrogens (primary N) is 1. The van der Waals surface area contributed by atoms with E-state index in [4.69, 9.17) is 10.8 Å². The zero-order valence-corrected chi connectivity index (χ0v) is 10.2. The first-order chi connectivity index (χ1) is 7.09. The lowest BCUT2D eigenvalue weighted by Gasteiger charge is -2.39. The van der Waals surface area contributed by atoms with Crippen LogP contribution in [0.25, 0.3) is 0 Å². The van der Waals surface area contributed by atoms with Crippen molar-refractivity contribution >= 4 is 0 Å². The molecule has 0 bridgehead atoms. The van der Waals surface area contributed by atoms with Gasteiger partial charge in [0.25, 0.3) is 0 Å². The standard InChI is InChI=1S/C12H26N2O/c1-3-12(2)5-8-14(9-6-12)7-4-11(13)10-15/h11,15H,3-10,13H2,1-2H3. The molecule has 0 saturated carbocycles. The Morgan fingerprint density at radius 1 is 1.40 bits per heavy atom. The molecule has 3 N–H and O–H groups in total. The van der Waals surface area contributed by atoms with Gasteiger partial charge in [0.2, 0.25) is 0 Å². The first kappa shape index (κ1) is 12.9. The lowest BCUT2D eigenvalue weighted by Crippen LogP contribution is -2.40. The van der Waals surface area contributed by atoms with Crippen molar-refractivity contribution in [2.24, 2.45) is 11.1 Å². The van der Waals surface area contributed by atoms with Crippen molar-refractivity contribution in [2.45, 2.75) is 45.6 Å². The third kappa shape index (κ3) is 4.09. The Hall–Kier alpha value is -0.120. The van der Waals surface area contributed by atoms with Gasteiger partial charge in [-0.1, -0.05) is 20.3 Å². The number of hydrogen-bond acceptors (Lipinski definition) is 3. The van der Waals surface area contributed by atoms with Crippen LogP contribution in [0.5, 0.6) is 0 Å². The summed E-state index contributed by atoms with van der Waals surface area (Å²) in [5, 5.41) is 8.84. The Balaban J connectivity index is 2.20. The first-order valence-electron chi connectivity index (χ1n) is 6.18. The topological polar surface area (TPSA) is 49.5 Å². The van der Waals surface area contributed by atoms with E-state index >= 15 is 0 Å². The number of likely N-dealkylation sites (tertiary alicyclic amines) is 1. The van der Waals surface area contributed by atoms with Crippen LogP contribution in [-0.2, 0) is 0 Å². The Morgan fingerprint density at radius 3 is 2.47 bits per heavy atom. The van der Waals surface area contributed by atoms with Crippen LogP contribution in [-0.4, -0.2) is 42.3 Å². The molecule has 1 saturated heterocycles. The molecule has 0 aromatic rings. The fourth-order valence-corrected chi connectivity index (χ4v) is 2.11. The van der Waals surface area contributed by atoms with Gasteiger partial charge in [0.1, 0.15) is 0 Å². The molecule has 0 radical (unpaired) electrons. The molecule has 0 aliphatic carbocycles. The predicted molar refractivity (Wildman–Crippen MR) is 63.8 cm³/mol. The fourth-order valence-electron chi connectivity index (χ4n) is 2.11. The van der Waals surface area contributed by atoms with Crippen LogP contribution in [0.15, 0.2) is 0 Å². The minimum atomic E-state index is -0.0375. The van der Waals surface area contributed by atoms with E-state index in [1.54, 1.807) is 0 Å². The van der Waals surface area contributed by atoms with Crippen molar-refractivity contribution in [3.05, 3.63) is 0 Å². The van der Waals surface area contributed by atoms with Crippen LogP contribution in [0, 0.1) is 5.41 Å². The fraction of sp³-hybridized carbons (Fsp3) is 1.00. The molecule has 1 atom stereocenters. The molecule has 3 nitrogen and oxygen atoms in total. The SMILES string of the molecule is CCC1(C)CCN(CCC(N)CO)CC1. The van der Waals surface area contributed by atoms with E-state index in [1.807, 2.05) is 0 Å². The molecule has 0 spiro atoms. The molecule has 0 aromatic heterocycles. The molecule has 1 unspecified atom stereocenters. The maximum absolute atomic E-state index is 8.84. The normalized spacial score (nSPS) is 24.0. The summed E-state index contributed by atoms with van der Waals surface area (Å²) in [6.45, 7) is 8.23. The number of piperidine rings is 1. The molecule has 1 rings (SSSR count). The Bertz CT molecular complexity index is 174. The van der Waals surface area contributed by atoms with E-state index < -0.39 is 0 Å². The van der Waals surface area contributed by atoms with E-state index in [9.17, 15) is 0 Å². The highest BCUT2D eigenvalue weighted by Crippen LogP contribution is 2.33. The van der Waals surface area contributed by atoms with Crippen molar-refractivity contribution in [1.82, 2.24) is 4.90 Å². The number of nitrogens with zero attached hydrogens (tertiary/aromatic N) is 1. The third-order valence-corrected chi connectivity index (χ3v) is 3.97. The highest BCUT2D eigenvalue weighted by atomic mass is 16.3. The van der Waals surface area contributed by atoms with Crippen LogP contribution in [0.3, 0.4) is 0 Å². The first-order valence-corrected chi connectivity index (χ1v) is 6.18. The molecule has 90 valence electrons. The minimum Gasteiger partial charge on any atom is -0.395 e. The average molecular weight is 214 g/mol. The summed E-state index contributed by atoms with van der Waals surface area (Å²) < 4.78 is 0. The largest absolute Gasteiger partial charge is 0.395 e. The second-order valence-corrected chi connectivity index (χ2v) is 5.24. The molecule has 0 amide bonds.